The van der Waals surface area contributed by atoms with Gasteiger partial charge in [0, 0.05) is 19.0 Å². The molecule has 1 N–H and O–H groups in total. The van der Waals surface area contributed by atoms with Gasteiger partial charge >= 0.3 is 0 Å². The van der Waals surface area contributed by atoms with Gasteiger partial charge in [0.2, 0.25) is 0 Å². The highest BCUT2D eigenvalue weighted by molar-refractivity contribution is 5.82. The molecular weight excluding hydrogens is 196 g/mol. The van der Waals surface area contributed by atoms with E-state index in [4.69, 9.17) is 5.41 Å². The van der Waals surface area contributed by atoms with Gasteiger partial charge in [0.05, 0.1) is 5.84 Å². The topological polar surface area (TPSA) is 27.1 Å². The molecule has 92 valence electrons. The standard InChI is InChI=1S/C14H26N2/c1-11(2)13-8-9-16(10-13)14(15)12-6-4-3-5-7-12/h11-13,15H,3-10H2,1-2H3. The lowest BCUT2D eigenvalue weighted by molar-refractivity contribution is 0.358. The molecule has 2 fully saturated rings. The summed E-state index contributed by atoms with van der Waals surface area (Å²) < 4.78 is 0. The third kappa shape index (κ3) is 2.58. The van der Waals surface area contributed by atoms with E-state index >= 15 is 0 Å². The minimum atomic E-state index is 0.583. The zero-order valence-corrected chi connectivity index (χ0v) is 10.8. The van der Waals surface area contributed by atoms with Crippen LogP contribution in [-0.4, -0.2) is 23.8 Å². The third-order valence-electron chi connectivity index (χ3n) is 4.50. The Morgan fingerprint density at radius 1 is 1.12 bits per heavy atom. The Kier molecular flexibility index (Phi) is 3.88. The Morgan fingerprint density at radius 3 is 2.38 bits per heavy atom. The summed E-state index contributed by atoms with van der Waals surface area (Å²) in [6, 6.07) is 0. The van der Waals surface area contributed by atoms with E-state index in [9.17, 15) is 0 Å². The maximum Gasteiger partial charge on any atom is 0.0989 e. The largest absolute Gasteiger partial charge is 0.360 e. The number of amidine groups is 1. The molecule has 0 amide bonds. The summed E-state index contributed by atoms with van der Waals surface area (Å²) in [6.07, 6.45) is 7.90. The predicted molar refractivity (Wildman–Crippen MR) is 68.8 cm³/mol. The van der Waals surface area contributed by atoms with Gasteiger partial charge in [-0.2, -0.15) is 0 Å². The second-order valence-electron chi connectivity index (χ2n) is 5.96. The summed E-state index contributed by atoms with van der Waals surface area (Å²) >= 11 is 0. The number of nitrogens with one attached hydrogen (secondary N) is 1. The summed E-state index contributed by atoms with van der Waals surface area (Å²) in [5.41, 5.74) is 0. The van der Waals surface area contributed by atoms with Crippen molar-refractivity contribution in [2.24, 2.45) is 17.8 Å². The molecule has 0 spiro atoms. The summed E-state index contributed by atoms with van der Waals surface area (Å²) in [5, 5.41) is 8.34. The van der Waals surface area contributed by atoms with E-state index in [-0.39, 0.29) is 0 Å². The molecule has 1 saturated heterocycles. The van der Waals surface area contributed by atoms with Crippen LogP contribution in [0.3, 0.4) is 0 Å². The minimum absolute atomic E-state index is 0.583. The summed E-state index contributed by atoms with van der Waals surface area (Å²) in [7, 11) is 0. The van der Waals surface area contributed by atoms with E-state index < -0.39 is 0 Å². The quantitative estimate of drug-likeness (QED) is 0.561. The van der Waals surface area contributed by atoms with Crippen molar-refractivity contribution < 1.29 is 0 Å². The number of nitrogens with zero attached hydrogens (tertiary/aromatic N) is 1. The van der Waals surface area contributed by atoms with E-state index in [1.807, 2.05) is 0 Å². The molecule has 1 atom stereocenters. The maximum absolute atomic E-state index is 8.34. The third-order valence-corrected chi connectivity index (χ3v) is 4.50. The van der Waals surface area contributed by atoms with Gasteiger partial charge in [0.25, 0.3) is 0 Å². The molecule has 2 rings (SSSR count). The molecule has 0 bridgehead atoms. The summed E-state index contributed by atoms with van der Waals surface area (Å²) in [5.74, 6) is 3.15. The Hall–Kier alpha value is -0.530. The van der Waals surface area contributed by atoms with Crippen LogP contribution in [0.25, 0.3) is 0 Å². The number of rotatable bonds is 2. The van der Waals surface area contributed by atoms with Gasteiger partial charge in [-0.25, -0.2) is 0 Å². The van der Waals surface area contributed by atoms with Gasteiger partial charge in [-0.15, -0.1) is 0 Å². The molecular formula is C14H26N2. The van der Waals surface area contributed by atoms with Crippen LogP contribution in [0.4, 0.5) is 0 Å². The minimum Gasteiger partial charge on any atom is -0.360 e. The second-order valence-corrected chi connectivity index (χ2v) is 5.96. The van der Waals surface area contributed by atoms with Crippen molar-refractivity contribution in [2.75, 3.05) is 13.1 Å². The lowest BCUT2D eigenvalue weighted by Gasteiger charge is -2.29. The average Bonchev–Trinajstić information content (AvgIpc) is 2.78. The second kappa shape index (κ2) is 5.20. The lowest BCUT2D eigenvalue weighted by Crippen LogP contribution is -2.35. The fourth-order valence-corrected chi connectivity index (χ4v) is 3.18. The molecule has 0 aromatic carbocycles. The van der Waals surface area contributed by atoms with E-state index in [2.05, 4.69) is 18.7 Å². The van der Waals surface area contributed by atoms with Gasteiger partial charge < -0.3 is 4.90 Å². The van der Waals surface area contributed by atoms with Crippen LogP contribution in [0.1, 0.15) is 52.4 Å². The number of likely N-dealkylation sites (tertiary alicyclic amines) is 1. The molecule has 0 aromatic heterocycles. The van der Waals surface area contributed by atoms with Crippen molar-refractivity contribution in [2.45, 2.75) is 52.4 Å². The first kappa shape index (κ1) is 11.9. The van der Waals surface area contributed by atoms with Gasteiger partial charge in [-0.3, -0.25) is 5.41 Å². The summed E-state index contributed by atoms with van der Waals surface area (Å²) in [6.45, 7) is 6.92. The SMILES string of the molecule is CC(C)C1CCN(C(=N)C2CCCCC2)C1. The van der Waals surface area contributed by atoms with Crippen molar-refractivity contribution in [1.82, 2.24) is 4.90 Å². The predicted octanol–water partition coefficient (Wildman–Crippen LogP) is 3.52. The highest BCUT2D eigenvalue weighted by Crippen LogP contribution is 2.29. The van der Waals surface area contributed by atoms with Gasteiger partial charge in [-0.05, 0) is 31.1 Å². The van der Waals surface area contributed by atoms with Crippen molar-refractivity contribution in [3.8, 4) is 0 Å². The molecule has 1 saturated carbocycles. The van der Waals surface area contributed by atoms with Crippen molar-refractivity contribution in [3.05, 3.63) is 0 Å². The zero-order chi connectivity index (χ0) is 11.5. The smallest absolute Gasteiger partial charge is 0.0989 e. The Balaban J connectivity index is 1.86. The first-order chi connectivity index (χ1) is 7.68. The van der Waals surface area contributed by atoms with Gasteiger partial charge in [-0.1, -0.05) is 33.1 Å². The molecule has 16 heavy (non-hydrogen) atoms. The van der Waals surface area contributed by atoms with E-state index in [0.717, 1.165) is 30.8 Å². The molecule has 2 aliphatic rings. The monoisotopic (exact) mass is 222 g/mol. The van der Waals surface area contributed by atoms with Crippen molar-refractivity contribution in [1.29, 1.82) is 5.41 Å². The fraction of sp³-hybridized carbons (Fsp3) is 0.929. The van der Waals surface area contributed by atoms with Crippen LogP contribution in [-0.2, 0) is 0 Å². The van der Waals surface area contributed by atoms with Crippen LogP contribution in [0, 0.1) is 23.2 Å². The Morgan fingerprint density at radius 2 is 1.81 bits per heavy atom. The zero-order valence-electron chi connectivity index (χ0n) is 10.8. The first-order valence-electron chi connectivity index (χ1n) is 7.02. The lowest BCUT2D eigenvalue weighted by atomic mass is 9.88. The van der Waals surface area contributed by atoms with Crippen LogP contribution in [0.5, 0.6) is 0 Å². The normalized spacial score (nSPS) is 27.7. The van der Waals surface area contributed by atoms with Crippen molar-refractivity contribution in [3.63, 3.8) is 0 Å². The van der Waals surface area contributed by atoms with E-state index in [1.165, 1.54) is 38.5 Å². The van der Waals surface area contributed by atoms with Crippen LogP contribution < -0.4 is 0 Å². The van der Waals surface area contributed by atoms with E-state index in [1.54, 1.807) is 0 Å². The molecule has 1 aliphatic carbocycles. The number of hydrogen-bond donors (Lipinski definition) is 1. The molecule has 1 aliphatic heterocycles. The fourth-order valence-electron chi connectivity index (χ4n) is 3.18. The van der Waals surface area contributed by atoms with E-state index in [0.29, 0.717) is 5.92 Å². The number of hydrogen-bond acceptors (Lipinski definition) is 1. The van der Waals surface area contributed by atoms with Crippen molar-refractivity contribution >= 4 is 5.84 Å². The average molecular weight is 222 g/mol. The van der Waals surface area contributed by atoms with Crippen LogP contribution in [0.2, 0.25) is 0 Å². The highest BCUT2D eigenvalue weighted by atomic mass is 15.2. The molecule has 0 radical (unpaired) electrons. The molecule has 1 heterocycles. The first-order valence-corrected chi connectivity index (χ1v) is 7.02. The van der Waals surface area contributed by atoms with Gasteiger partial charge in [0.15, 0.2) is 0 Å². The maximum atomic E-state index is 8.34. The molecule has 2 heteroatoms. The molecule has 0 aromatic rings. The molecule has 1 unspecified atom stereocenters. The Labute approximate surface area is 99.9 Å². The molecule has 2 nitrogen and oxygen atoms in total. The summed E-state index contributed by atoms with van der Waals surface area (Å²) in [4.78, 5) is 2.36. The van der Waals surface area contributed by atoms with Gasteiger partial charge in [0.1, 0.15) is 0 Å². The Bertz CT molecular complexity index is 241. The van der Waals surface area contributed by atoms with Crippen LogP contribution in [0.15, 0.2) is 0 Å². The van der Waals surface area contributed by atoms with Crippen LogP contribution >= 0.6 is 0 Å². The highest BCUT2D eigenvalue weighted by Gasteiger charge is 2.30.